The average molecular weight is 354 g/mol. The molecular weight excluding hydrogens is 332 g/mol. The Bertz CT molecular complexity index is 590. The van der Waals surface area contributed by atoms with Gasteiger partial charge in [0.15, 0.2) is 12.4 Å². The first-order chi connectivity index (χ1) is 11.8. The molecule has 0 aliphatic carbocycles. The van der Waals surface area contributed by atoms with Gasteiger partial charge < -0.3 is 29.9 Å². The Kier molecular flexibility index (Phi) is 6.63. The number of benzene rings is 1. The van der Waals surface area contributed by atoms with Crippen LogP contribution < -0.4 is 0 Å². The molecule has 1 aliphatic rings. The zero-order valence-electron chi connectivity index (χ0n) is 13.7. The van der Waals surface area contributed by atoms with Gasteiger partial charge in [0.25, 0.3) is 0 Å². The van der Waals surface area contributed by atoms with E-state index in [2.05, 4.69) is 0 Å². The second-order valence-electron chi connectivity index (χ2n) is 6.07. The molecule has 1 heterocycles. The molecule has 25 heavy (non-hydrogen) atoms. The number of carboxylic acid groups (broad SMARTS) is 1. The summed E-state index contributed by atoms with van der Waals surface area (Å²) in [5, 5.41) is 38.3. The Morgan fingerprint density at radius 2 is 1.76 bits per heavy atom. The summed E-state index contributed by atoms with van der Waals surface area (Å²) in [7, 11) is 0. The van der Waals surface area contributed by atoms with Gasteiger partial charge in [-0.1, -0.05) is 30.3 Å². The van der Waals surface area contributed by atoms with Gasteiger partial charge in [0.1, 0.15) is 24.1 Å². The Labute approximate surface area is 144 Å². The number of aliphatic hydroxyl groups is 3. The maximum absolute atomic E-state index is 11.8. The first kappa shape index (κ1) is 19.5. The van der Waals surface area contributed by atoms with Crippen molar-refractivity contribution >= 4 is 11.8 Å². The molecule has 6 unspecified atom stereocenters. The van der Waals surface area contributed by atoms with E-state index in [9.17, 15) is 24.9 Å². The normalized spacial score (nSPS) is 30.6. The number of hydrogen-bond acceptors (Lipinski definition) is 7. The maximum atomic E-state index is 11.8. The summed E-state index contributed by atoms with van der Waals surface area (Å²) in [6, 6.07) is 9.27. The fourth-order valence-corrected chi connectivity index (χ4v) is 2.62. The quantitative estimate of drug-likeness (QED) is 0.507. The van der Waals surface area contributed by atoms with Crippen molar-refractivity contribution in [2.45, 2.75) is 44.1 Å². The minimum atomic E-state index is -1.78. The number of aliphatic hydroxyl groups excluding tert-OH is 3. The molecule has 0 amide bonds. The molecule has 1 saturated heterocycles. The van der Waals surface area contributed by atoms with Gasteiger partial charge in [-0.25, -0.2) is 4.79 Å². The fourth-order valence-electron chi connectivity index (χ4n) is 2.62. The van der Waals surface area contributed by atoms with Crippen molar-refractivity contribution in [1.82, 2.24) is 0 Å². The molecule has 0 radical (unpaired) electrons. The smallest absolute Gasteiger partial charge is 0.335 e. The molecule has 0 saturated carbocycles. The summed E-state index contributed by atoms with van der Waals surface area (Å²) < 4.78 is 10.4. The number of carbonyl (C=O) groups is 2. The van der Waals surface area contributed by atoms with Gasteiger partial charge in [0.2, 0.25) is 0 Å². The molecule has 6 atom stereocenters. The highest BCUT2D eigenvalue weighted by Gasteiger charge is 2.47. The molecule has 8 heteroatoms. The predicted octanol–water partition coefficient (Wildman–Crippen LogP) is -0.657. The van der Waals surface area contributed by atoms with Crippen molar-refractivity contribution in [2.24, 2.45) is 5.92 Å². The number of ketones is 1. The number of hydrogen-bond donors (Lipinski definition) is 4. The van der Waals surface area contributed by atoms with Gasteiger partial charge in [-0.2, -0.15) is 0 Å². The monoisotopic (exact) mass is 354 g/mol. The van der Waals surface area contributed by atoms with Crippen LogP contribution in [0.15, 0.2) is 30.3 Å². The third-order valence-electron chi connectivity index (χ3n) is 4.17. The van der Waals surface area contributed by atoms with Crippen LogP contribution in [0.1, 0.15) is 12.5 Å². The molecule has 8 nitrogen and oxygen atoms in total. The van der Waals surface area contributed by atoms with Crippen molar-refractivity contribution in [3.8, 4) is 0 Å². The van der Waals surface area contributed by atoms with E-state index >= 15 is 0 Å². The average Bonchev–Trinajstić information content (AvgIpc) is 2.58. The largest absolute Gasteiger partial charge is 0.479 e. The van der Waals surface area contributed by atoms with Crippen LogP contribution >= 0.6 is 0 Å². The molecule has 2 rings (SSSR count). The molecule has 138 valence electrons. The van der Waals surface area contributed by atoms with Crippen LogP contribution in [0.4, 0.5) is 0 Å². The first-order valence-electron chi connectivity index (χ1n) is 7.89. The van der Waals surface area contributed by atoms with Crippen molar-refractivity contribution in [3.05, 3.63) is 35.9 Å². The Hall–Kier alpha value is -1.84. The minimum absolute atomic E-state index is 0.124. The zero-order valence-corrected chi connectivity index (χ0v) is 13.7. The second kappa shape index (κ2) is 8.50. The summed E-state index contributed by atoms with van der Waals surface area (Å²) in [4.78, 5) is 22.9. The van der Waals surface area contributed by atoms with Crippen molar-refractivity contribution in [2.75, 3.05) is 6.61 Å². The Morgan fingerprint density at radius 1 is 1.12 bits per heavy atom. The highest BCUT2D eigenvalue weighted by molar-refractivity contribution is 5.78. The van der Waals surface area contributed by atoms with E-state index in [1.54, 1.807) is 0 Å². The Morgan fingerprint density at radius 3 is 2.32 bits per heavy atom. The van der Waals surface area contributed by atoms with E-state index in [1.807, 2.05) is 30.3 Å². The standard InChI is InChI=1S/C17H22O8/c1-9(18)11(7-10-5-3-2-4-6-10)8-24-17-14(21)12(19)13(20)15(25-17)16(22)23/h2-6,11-15,17,19-21H,7-8H2,1H3,(H,22,23). The van der Waals surface area contributed by atoms with Crippen LogP contribution in [0, 0.1) is 5.92 Å². The third kappa shape index (κ3) is 4.83. The van der Waals surface area contributed by atoms with Crippen molar-refractivity contribution in [3.63, 3.8) is 0 Å². The second-order valence-corrected chi connectivity index (χ2v) is 6.07. The molecule has 0 aromatic heterocycles. The van der Waals surface area contributed by atoms with Gasteiger partial charge in [-0.05, 0) is 18.9 Å². The van der Waals surface area contributed by atoms with Crippen molar-refractivity contribution in [1.29, 1.82) is 0 Å². The molecule has 1 aromatic rings. The predicted molar refractivity (Wildman–Crippen MR) is 84.6 cm³/mol. The number of ether oxygens (including phenoxy) is 2. The number of Topliss-reactive ketones (excluding diaryl/α,β-unsaturated/α-hetero) is 1. The number of carboxylic acids is 1. The van der Waals surface area contributed by atoms with E-state index in [-0.39, 0.29) is 12.4 Å². The maximum Gasteiger partial charge on any atom is 0.335 e. The lowest BCUT2D eigenvalue weighted by Crippen LogP contribution is -2.60. The Balaban J connectivity index is 2.01. The topological polar surface area (TPSA) is 134 Å². The van der Waals surface area contributed by atoms with Gasteiger partial charge in [-0.15, -0.1) is 0 Å². The molecule has 1 aromatic carbocycles. The summed E-state index contributed by atoms with van der Waals surface area (Å²) in [6.45, 7) is 1.29. The molecule has 4 N–H and O–H groups in total. The lowest BCUT2D eigenvalue weighted by Gasteiger charge is -2.38. The fraction of sp³-hybridized carbons (Fsp3) is 0.529. The van der Waals surface area contributed by atoms with E-state index in [0.29, 0.717) is 6.42 Å². The number of rotatable bonds is 7. The van der Waals surface area contributed by atoms with E-state index < -0.39 is 42.6 Å². The highest BCUT2D eigenvalue weighted by atomic mass is 16.7. The van der Waals surface area contributed by atoms with Crippen LogP contribution in [-0.2, 0) is 25.5 Å². The van der Waals surface area contributed by atoms with Crippen LogP contribution in [0.3, 0.4) is 0 Å². The zero-order chi connectivity index (χ0) is 18.6. The first-order valence-corrected chi connectivity index (χ1v) is 7.89. The molecule has 1 fully saturated rings. The summed E-state index contributed by atoms with van der Waals surface area (Å²) in [5.41, 5.74) is 0.926. The van der Waals surface area contributed by atoms with E-state index in [4.69, 9.17) is 14.6 Å². The SMILES string of the molecule is CC(=O)C(COC1OC(C(=O)O)C(O)C(O)C1O)Cc1ccccc1. The van der Waals surface area contributed by atoms with E-state index in [0.717, 1.165) is 5.56 Å². The van der Waals surface area contributed by atoms with E-state index in [1.165, 1.54) is 6.92 Å². The van der Waals surface area contributed by atoms with Gasteiger partial charge in [0, 0.05) is 5.92 Å². The summed E-state index contributed by atoms with van der Waals surface area (Å²) >= 11 is 0. The van der Waals surface area contributed by atoms with Crippen LogP contribution in [0.5, 0.6) is 0 Å². The summed E-state index contributed by atoms with van der Waals surface area (Å²) in [5.74, 6) is -2.14. The molecular formula is C17H22O8. The highest BCUT2D eigenvalue weighted by Crippen LogP contribution is 2.23. The number of aliphatic carboxylic acids is 1. The van der Waals surface area contributed by atoms with Crippen molar-refractivity contribution < 1.29 is 39.5 Å². The van der Waals surface area contributed by atoms with Crippen LogP contribution in [-0.4, -0.2) is 69.5 Å². The van der Waals surface area contributed by atoms with Crippen LogP contribution in [0.25, 0.3) is 0 Å². The number of carbonyl (C=O) groups excluding carboxylic acids is 1. The van der Waals surface area contributed by atoms with Crippen LogP contribution in [0.2, 0.25) is 0 Å². The molecule has 0 spiro atoms. The van der Waals surface area contributed by atoms with Gasteiger partial charge in [-0.3, -0.25) is 4.79 Å². The summed E-state index contributed by atoms with van der Waals surface area (Å²) in [6.07, 6.45) is -7.92. The van der Waals surface area contributed by atoms with Gasteiger partial charge >= 0.3 is 5.97 Å². The minimum Gasteiger partial charge on any atom is -0.479 e. The van der Waals surface area contributed by atoms with Gasteiger partial charge in [0.05, 0.1) is 6.61 Å². The lowest BCUT2D eigenvalue weighted by atomic mass is 9.96. The third-order valence-corrected chi connectivity index (χ3v) is 4.17. The molecule has 1 aliphatic heterocycles. The molecule has 0 bridgehead atoms. The lowest BCUT2D eigenvalue weighted by molar-refractivity contribution is -0.295.